The maximum atomic E-state index is 13.3. The standard InChI is InChI=1S/C27H19N5O10S2/c28-24-21(44(40,41)42)11-19-22-18(9-10-20(23(22)24)43(37,38)39)25(34)32(26(19)35)31-27(36)30-29-12-14-1-5-16(6-2-14)17-7-3-15(13-33)4-8-17/h1-13H,28H2,(H2,30,31,36)(H,37,38,39)(H,40,41,42)/b29-12+. The molecule has 0 saturated heterocycles. The highest BCUT2D eigenvalue weighted by atomic mass is 32.2. The van der Waals surface area contributed by atoms with Gasteiger partial charge < -0.3 is 5.73 Å². The first-order chi connectivity index (χ1) is 20.7. The van der Waals surface area contributed by atoms with E-state index in [1.807, 2.05) is 5.43 Å². The Balaban J connectivity index is 1.38. The van der Waals surface area contributed by atoms with E-state index in [0.29, 0.717) is 17.2 Å². The molecule has 0 unspecified atom stereocenters. The van der Waals surface area contributed by atoms with Gasteiger partial charge >= 0.3 is 6.03 Å². The van der Waals surface area contributed by atoms with Crippen molar-refractivity contribution in [3.63, 3.8) is 0 Å². The van der Waals surface area contributed by atoms with Gasteiger partial charge in [0.15, 0.2) is 0 Å². The first-order valence-corrected chi connectivity index (χ1v) is 15.1. The van der Waals surface area contributed by atoms with E-state index in [1.165, 1.54) is 6.21 Å². The van der Waals surface area contributed by atoms with Gasteiger partial charge in [0.05, 0.1) is 23.0 Å². The molecular formula is C27H19N5O10S2. The maximum Gasteiger partial charge on any atom is 0.354 e. The summed E-state index contributed by atoms with van der Waals surface area (Å²) in [5.74, 6) is -2.45. The number of nitrogens with one attached hydrogen (secondary N) is 2. The Morgan fingerprint density at radius 1 is 0.773 bits per heavy atom. The molecule has 0 aliphatic carbocycles. The van der Waals surface area contributed by atoms with Gasteiger partial charge in [-0.15, -0.1) is 0 Å². The SMILES string of the molecule is Nc1c(S(=O)(=O)O)cc2c3c(ccc(S(=O)(=O)O)c13)C(=O)N(NC(=O)N/N=C/c1ccc(-c3ccc(C=O)cc3)cc1)C2=O. The minimum Gasteiger partial charge on any atom is -0.397 e. The van der Waals surface area contributed by atoms with Crippen LogP contribution in [0.4, 0.5) is 10.5 Å². The van der Waals surface area contributed by atoms with Gasteiger partial charge in [-0.1, -0.05) is 48.5 Å². The molecule has 1 aliphatic rings. The fourth-order valence-corrected chi connectivity index (χ4v) is 5.91. The number of urea groups is 1. The molecule has 0 bridgehead atoms. The molecule has 1 aliphatic heterocycles. The summed E-state index contributed by atoms with van der Waals surface area (Å²) in [6, 6.07) is 15.0. The Bertz CT molecular complexity index is 2150. The fraction of sp³-hybridized carbons (Fsp3) is 0. The topological polar surface area (TPSA) is 243 Å². The van der Waals surface area contributed by atoms with E-state index in [9.17, 15) is 45.1 Å². The smallest absolute Gasteiger partial charge is 0.354 e. The number of benzene rings is 4. The van der Waals surface area contributed by atoms with E-state index < -0.39 is 69.9 Å². The average Bonchev–Trinajstić information content (AvgIpc) is 2.97. The summed E-state index contributed by atoms with van der Waals surface area (Å²) >= 11 is 0. The number of hydrazone groups is 1. The number of hydrogen-bond donors (Lipinski definition) is 5. The third-order valence-electron chi connectivity index (χ3n) is 6.55. The van der Waals surface area contributed by atoms with Crippen LogP contribution in [0.15, 0.2) is 81.6 Å². The van der Waals surface area contributed by atoms with Crippen LogP contribution in [0.3, 0.4) is 0 Å². The molecule has 0 atom stereocenters. The van der Waals surface area contributed by atoms with Crippen LogP contribution in [0, 0.1) is 0 Å². The van der Waals surface area contributed by atoms with Gasteiger partial charge in [-0.25, -0.2) is 15.6 Å². The molecule has 0 aromatic heterocycles. The monoisotopic (exact) mass is 637 g/mol. The van der Waals surface area contributed by atoms with Crippen molar-refractivity contribution in [1.82, 2.24) is 15.9 Å². The van der Waals surface area contributed by atoms with E-state index in [1.54, 1.807) is 48.5 Å². The van der Waals surface area contributed by atoms with Gasteiger partial charge in [0, 0.05) is 16.3 Å². The largest absolute Gasteiger partial charge is 0.397 e. The zero-order valence-electron chi connectivity index (χ0n) is 22.0. The molecule has 0 spiro atoms. The summed E-state index contributed by atoms with van der Waals surface area (Å²) in [6.07, 6.45) is 2.01. The minimum absolute atomic E-state index is 0.226. The summed E-state index contributed by atoms with van der Waals surface area (Å²) in [6.45, 7) is 0. The quantitative estimate of drug-likeness (QED) is 0.0491. The second-order valence-corrected chi connectivity index (χ2v) is 12.0. The molecule has 44 heavy (non-hydrogen) atoms. The highest BCUT2D eigenvalue weighted by Gasteiger charge is 2.38. The summed E-state index contributed by atoms with van der Waals surface area (Å²) in [4.78, 5) is 47.8. The number of anilines is 1. The second kappa shape index (κ2) is 11.0. The Morgan fingerprint density at radius 3 is 1.86 bits per heavy atom. The number of hydrazine groups is 1. The van der Waals surface area contributed by atoms with E-state index in [0.717, 1.165) is 29.5 Å². The van der Waals surface area contributed by atoms with Gasteiger partial charge in [-0.05, 0) is 34.9 Å². The molecule has 0 fully saturated rings. The normalized spacial score (nSPS) is 13.4. The van der Waals surface area contributed by atoms with E-state index in [2.05, 4.69) is 10.5 Å². The third-order valence-corrected chi connectivity index (χ3v) is 8.34. The number of hydrogen-bond acceptors (Lipinski definition) is 10. The van der Waals surface area contributed by atoms with Crippen LogP contribution in [0.25, 0.3) is 21.9 Å². The van der Waals surface area contributed by atoms with Crippen molar-refractivity contribution in [3.8, 4) is 11.1 Å². The van der Waals surface area contributed by atoms with Crippen molar-refractivity contribution in [2.75, 3.05) is 5.73 Å². The van der Waals surface area contributed by atoms with Crippen LogP contribution in [0.5, 0.6) is 0 Å². The van der Waals surface area contributed by atoms with Gasteiger partial charge in [-0.3, -0.25) is 23.5 Å². The molecule has 4 aromatic rings. The maximum absolute atomic E-state index is 13.3. The molecule has 5 rings (SSSR count). The lowest BCUT2D eigenvalue weighted by Gasteiger charge is -2.28. The highest BCUT2D eigenvalue weighted by Crippen LogP contribution is 2.40. The molecule has 15 nitrogen and oxygen atoms in total. The van der Waals surface area contributed by atoms with Crippen molar-refractivity contribution in [2.45, 2.75) is 9.79 Å². The van der Waals surface area contributed by atoms with Crippen molar-refractivity contribution < 1.29 is 45.1 Å². The molecule has 224 valence electrons. The zero-order valence-corrected chi connectivity index (χ0v) is 23.6. The van der Waals surface area contributed by atoms with E-state index >= 15 is 0 Å². The van der Waals surface area contributed by atoms with Gasteiger partial charge in [0.25, 0.3) is 32.1 Å². The number of carbonyl (C=O) groups excluding carboxylic acids is 4. The Kier molecular flexibility index (Phi) is 7.48. The van der Waals surface area contributed by atoms with Crippen LogP contribution in [0.2, 0.25) is 0 Å². The van der Waals surface area contributed by atoms with Crippen molar-refractivity contribution >= 4 is 67.0 Å². The Labute approximate surface area is 248 Å². The number of nitrogen functional groups attached to an aromatic ring is 1. The minimum atomic E-state index is -5.13. The second-order valence-electron chi connectivity index (χ2n) is 9.27. The molecule has 17 heteroatoms. The molecule has 1 heterocycles. The number of nitrogens with zero attached hydrogens (tertiary/aromatic N) is 2. The van der Waals surface area contributed by atoms with Crippen molar-refractivity contribution in [2.24, 2.45) is 5.10 Å². The molecule has 4 aromatic carbocycles. The average molecular weight is 638 g/mol. The molecule has 0 radical (unpaired) electrons. The summed E-state index contributed by atoms with van der Waals surface area (Å²) in [5.41, 5.74) is 10.9. The van der Waals surface area contributed by atoms with E-state index in [4.69, 9.17) is 5.73 Å². The lowest BCUT2D eigenvalue weighted by molar-refractivity contribution is 0.0541. The van der Waals surface area contributed by atoms with E-state index in [-0.39, 0.29) is 10.6 Å². The number of nitrogens with two attached hydrogens (primary N) is 1. The Morgan fingerprint density at radius 2 is 1.32 bits per heavy atom. The predicted octanol–water partition coefficient (Wildman–Crippen LogP) is 2.24. The summed E-state index contributed by atoms with van der Waals surface area (Å²) in [5, 5.41) is 2.89. The van der Waals surface area contributed by atoms with Crippen LogP contribution in [-0.4, -0.2) is 61.3 Å². The number of rotatable bonds is 7. The molecule has 6 N–H and O–H groups in total. The first kappa shape index (κ1) is 30.0. The lowest BCUT2D eigenvalue weighted by atomic mass is 9.93. The number of carbonyl (C=O) groups is 4. The molecular weight excluding hydrogens is 618 g/mol. The predicted molar refractivity (Wildman–Crippen MR) is 155 cm³/mol. The number of amides is 4. The fourth-order valence-electron chi connectivity index (χ4n) is 4.55. The van der Waals surface area contributed by atoms with Crippen molar-refractivity contribution in [3.05, 3.63) is 89.0 Å². The highest BCUT2D eigenvalue weighted by molar-refractivity contribution is 7.86. The van der Waals surface area contributed by atoms with Gasteiger partial charge in [-0.2, -0.15) is 26.9 Å². The summed E-state index contributed by atoms with van der Waals surface area (Å²) in [7, 11) is -10.2. The third kappa shape index (κ3) is 5.50. The van der Waals surface area contributed by atoms with Gasteiger partial charge in [0.2, 0.25) is 0 Å². The van der Waals surface area contributed by atoms with Crippen LogP contribution >= 0.6 is 0 Å². The molecule has 4 amide bonds. The summed E-state index contributed by atoms with van der Waals surface area (Å²) < 4.78 is 67.2. The number of imide groups is 1. The van der Waals surface area contributed by atoms with Crippen LogP contribution in [0.1, 0.15) is 36.6 Å². The first-order valence-electron chi connectivity index (χ1n) is 12.2. The Hall–Kier alpha value is -5.49. The zero-order chi connectivity index (χ0) is 32.0. The van der Waals surface area contributed by atoms with Crippen LogP contribution in [-0.2, 0) is 20.2 Å². The molecule has 0 saturated carbocycles. The lowest BCUT2D eigenvalue weighted by Crippen LogP contribution is -2.53. The number of aldehydes is 1. The van der Waals surface area contributed by atoms with Crippen molar-refractivity contribution in [1.29, 1.82) is 0 Å². The van der Waals surface area contributed by atoms with Crippen LogP contribution < -0.4 is 16.6 Å². The van der Waals surface area contributed by atoms with Gasteiger partial charge in [0.1, 0.15) is 16.1 Å².